The van der Waals surface area contributed by atoms with Crippen LogP contribution in [0.1, 0.15) is 47.7 Å². The van der Waals surface area contributed by atoms with E-state index in [2.05, 4.69) is 11.1 Å². The maximum atomic E-state index is 13.1. The van der Waals surface area contributed by atoms with E-state index in [0.29, 0.717) is 34.5 Å². The van der Waals surface area contributed by atoms with Gasteiger partial charge in [0.2, 0.25) is 0 Å². The lowest BCUT2D eigenvalue weighted by atomic mass is 9.96. The van der Waals surface area contributed by atoms with Gasteiger partial charge < -0.3 is 19.6 Å². The molecule has 0 saturated heterocycles. The summed E-state index contributed by atoms with van der Waals surface area (Å²) < 4.78 is 9.54. The second-order valence-corrected chi connectivity index (χ2v) is 9.92. The summed E-state index contributed by atoms with van der Waals surface area (Å²) in [5.74, 6) is 1.01. The van der Waals surface area contributed by atoms with E-state index in [4.69, 9.17) is 21.4 Å². The third-order valence-corrected chi connectivity index (χ3v) is 7.29. The number of methoxy groups -OCH3 is 1. The second-order valence-electron chi connectivity index (χ2n) is 9.49. The topological polar surface area (TPSA) is 95.0 Å². The Morgan fingerprint density at radius 3 is 2.81 bits per heavy atom. The van der Waals surface area contributed by atoms with Gasteiger partial charge in [0.1, 0.15) is 11.8 Å². The second kappa shape index (κ2) is 8.70. The molecule has 36 heavy (non-hydrogen) atoms. The smallest absolute Gasteiger partial charge is 0.145 e. The SMILES string of the molecule is COC1=CN([O-])C(CC2CC2)c2nn(Cc3ccnc4ccc(Cl)cc34)c(-c3cc(C#N)cn3C)c21. The van der Waals surface area contributed by atoms with Crippen molar-refractivity contribution < 1.29 is 4.74 Å². The van der Waals surface area contributed by atoms with E-state index in [9.17, 15) is 10.5 Å². The molecule has 182 valence electrons. The first kappa shape index (κ1) is 22.7. The number of aryl methyl sites for hydroxylation is 1. The normalized spacial score (nSPS) is 17.1. The molecule has 1 unspecified atom stereocenters. The van der Waals surface area contributed by atoms with Crippen LogP contribution in [-0.4, -0.2) is 31.5 Å². The Kier molecular flexibility index (Phi) is 5.47. The number of benzene rings is 1. The van der Waals surface area contributed by atoms with Crippen LogP contribution in [-0.2, 0) is 18.3 Å². The van der Waals surface area contributed by atoms with Crippen LogP contribution in [0.25, 0.3) is 28.0 Å². The summed E-state index contributed by atoms with van der Waals surface area (Å²) >= 11 is 6.32. The van der Waals surface area contributed by atoms with Crippen LogP contribution in [0.2, 0.25) is 5.02 Å². The van der Waals surface area contributed by atoms with Gasteiger partial charge in [-0.25, -0.2) is 0 Å². The average molecular weight is 500 g/mol. The molecule has 0 spiro atoms. The third-order valence-electron chi connectivity index (χ3n) is 7.06. The van der Waals surface area contributed by atoms with Crippen LogP contribution in [0.4, 0.5) is 0 Å². The Hall–Kier alpha value is -3.80. The van der Waals surface area contributed by atoms with Crippen molar-refractivity contribution >= 4 is 28.3 Å². The number of ether oxygens (including phenoxy) is 1. The highest BCUT2D eigenvalue weighted by Crippen LogP contribution is 2.46. The van der Waals surface area contributed by atoms with Crippen LogP contribution in [0.15, 0.2) is 48.9 Å². The molecular formula is C27H24ClN6O2-. The van der Waals surface area contributed by atoms with E-state index in [0.717, 1.165) is 57.7 Å². The lowest BCUT2D eigenvalue weighted by Gasteiger charge is -2.39. The maximum Gasteiger partial charge on any atom is 0.145 e. The number of fused-ring (bicyclic) bond motifs is 2. The monoisotopic (exact) mass is 499 g/mol. The summed E-state index contributed by atoms with van der Waals surface area (Å²) in [5, 5.41) is 30.2. The Bertz CT molecular complexity index is 1560. The van der Waals surface area contributed by atoms with Gasteiger partial charge in [-0.1, -0.05) is 24.4 Å². The van der Waals surface area contributed by atoms with Gasteiger partial charge in [0.15, 0.2) is 0 Å². The predicted octanol–water partition coefficient (Wildman–Crippen LogP) is 5.61. The van der Waals surface area contributed by atoms with E-state index in [1.807, 2.05) is 46.6 Å². The number of halogens is 1. The molecule has 1 saturated carbocycles. The predicted molar refractivity (Wildman–Crippen MR) is 137 cm³/mol. The molecule has 0 amide bonds. The van der Waals surface area contributed by atoms with Crippen molar-refractivity contribution in [2.45, 2.75) is 31.8 Å². The van der Waals surface area contributed by atoms with Gasteiger partial charge in [-0.05, 0) is 48.2 Å². The van der Waals surface area contributed by atoms with E-state index in [1.165, 1.54) is 6.20 Å². The van der Waals surface area contributed by atoms with Crippen molar-refractivity contribution in [3.05, 3.63) is 81.5 Å². The first-order valence-electron chi connectivity index (χ1n) is 11.9. The summed E-state index contributed by atoms with van der Waals surface area (Å²) in [4.78, 5) is 4.48. The largest absolute Gasteiger partial charge is 0.758 e. The minimum Gasteiger partial charge on any atom is -0.758 e. The molecular weight excluding hydrogens is 476 g/mol. The minimum absolute atomic E-state index is 0.384. The molecule has 9 heteroatoms. The molecule has 1 atom stereocenters. The summed E-state index contributed by atoms with van der Waals surface area (Å²) in [7, 11) is 3.47. The van der Waals surface area contributed by atoms with E-state index in [-0.39, 0.29) is 6.04 Å². The summed E-state index contributed by atoms with van der Waals surface area (Å²) in [5.41, 5.74) is 5.54. The van der Waals surface area contributed by atoms with Gasteiger partial charge in [0, 0.05) is 36.1 Å². The molecule has 1 aliphatic heterocycles. The van der Waals surface area contributed by atoms with Crippen molar-refractivity contribution in [3.8, 4) is 17.5 Å². The van der Waals surface area contributed by atoms with Crippen molar-refractivity contribution in [3.63, 3.8) is 0 Å². The first-order valence-corrected chi connectivity index (χ1v) is 12.3. The number of rotatable bonds is 6. The molecule has 0 N–H and O–H groups in total. The third kappa shape index (κ3) is 3.81. The highest BCUT2D eigenvalue weighted by molar-refractivity contribution is 6.31. The number of nitriles is 1. The van der Waals surface area contributed by atoms with Gasteiger partial charge in [0.05, 0.1) is 53.4 Å². The van der Waals surface area contributed by atoms with Crippen molar-refractivity contribution in [1.82, 2.24) is 24.4 Å². The van der Waals surface area contributed by atoms with Crippen LogP contribution >= 0.6 is 11.6 Å². The summed E-state index contributed by atoms with van der Waals surface area (Å²) in [6.45, 7) is 0.431. The van der Waals surface area contributed by atoms with E-state index >= 15 is 0 Å². The summed E-state index contributed by atoms with van der Waals surface area (Å²) in [6, 6.07) is 11.3. The van der Waals surface area contributed by atoms with Gasteiger partial charge in [-0.15, -0.1) is 0 Å². The molecule has 0 radical (unpaired) electrons. The van der Waals surface area contributed by atoms with Crippen molar-refractivity contribution in [1.29, 1.82) is 5.26 Å². The Morgan fingerprint density at radius 1 is 1.25 bits per heavy atom. The number of hydrogen-bond donors (Lipinski definition) is 0. The quantitative estimate of drug-likeness (QED) is 0.342. The molecule has 8 nitrogen and oxygen atoms in total. The summed E-state index contributed by atoms with van der Waals surface area (Å²) in [6.07, 6.45) is 8.13. The molecule has 0 bridgehead atoms. The highest BCUT2D eigenvalue weighted by Gasteiger charge is 2.36. The standard InChI is InChI=1S/C27H24ClN6O2/c1-32-13-17(12-29)10-23(32)27-25-24(36-2)15-34(35)22(9-16-3-4-16)26(25)31-33(27)14-18-7-8-30-21-6-5-19(28)11-20(18)21/h5-8,10-11,13,15-16,22H,3-4,9,14H2,1-2H3/q-1. The van der Waals surface area contributed by atoms with E-state index < -0.39 is 0 Å². The molecule has 1 fully saturated rings. The zero-order chi connectivity index (χ0) is 25.0. The van der Waals surface area contributed by atoms with Crippen LogP contribution < -0.4 is 0 Å². The molecule has 4 aromatic rings. The molecule has 3 aromatic heterocycles. The Morgan fingerprint density at radius 2 is 2.08 bits per heavy atom. The minimum atomic E-state index is -0.384. The number of hydrogen-bond acceptors (Lipinski definition) is 6. The van der Waals surface area contributed by atoms with Gasteiger partial charge in [-0.2, -0.15) is 10.4 Å². The van der Waals surface area contributed by atoms with Gasteiger partial charge in [-0.3, -0.25) is 9.67 Å². The Balaban J connectivity index is 1.58. The lowest BCUT2D eigenvalue weighted by molar-refractivity contribution is 0.297. The molecule has 2 aliphatic rings. The van der Waals surface area contributed by atoms with Crippen molar-refractivity contribution in [2.24, 2.45) is 13.0 Å². The number of nitrogens with zero attached hydrogens (tertiary/aromatic N) is 6. The van der Waals surface area contributed by atoms with E-state index in [1.54, 1.807) is 19.5 Å². The van der Waals surface area contributed by atoms with Gasteiger partial charge in [0.25, 0.3) is 0 Å². The van der Waals surface area contributed by atoms with Crippen LogP contribution in [0, 0.1) is 22.5 Å². The van der Waals surface area contributed by atoms with Crippen molar-refractivity contribution in [2.75, 3.05) is 7.11 Å². The molecule has 1 aliphatic carbocycles. The maximum absolute atomic E-state index is 13.1. The number of aromatic nitrogens is 4. The fourth-order valence-corrected chi connectivity index (χ4v) is 5.27. The lowest BCUT2D eigenvalue weighted by Crippen LogP contribution is -2.24. The highest BCUT2D eigenvalue weighted by atomic mass is 35.5. The zero-order valence-corrected chi connectivity index (χ0v) is 20.7. The first-order chi connectivity index (χ1) is 17.5. The van der Waals surface area contributed by atoms with Crippen LogP contribution in [0.5, 0.6) is 0 Å². The molecule has 1 aromatic carbocycles. The molecule has 6 rings (SSSR count). The van der Waals surface area contributed by atoms with Gasteiger partial charge >= 0.3 is 0 Å². The number of pyridine rings is 1. The fourth-order valence-electron chi connectivity index (χ4n) is 5.10. The molecule has 4 heterocycles. The zero-order valence-electron chi connectivity index (χ0n) is 20.0. The number of hydroxylamine groups is 2. The fraction of sp³-hybridized carbons (Fsp3) is 0.296. The van der Waals surface area contributed by atoms with Crippen LogP contribution in [0.3, 0.4) is 0 Å². The Labute approximate surface area is 213 Å². The average Bonchev–Trinajstić information content (AvgIpc) is 3.51.